The van der Waals surface area contributed by atoms with E-state index in [2.05, 4.69) is 6.07 Å². The van der Waals surface area contributed by atoms with Gasteiger partial charge in [0, 0.05) is 0 Å². The number of aryl methyl sites for hydroxylation is 2. The van der Waals surface area contributed by atoms with Gasteiger partial charge in [-0.25, -0.2) is 4.39 Å². The van der Waals surface area contributed by atoms with E-state index in [1.54, 1.807) is 12.1 Å². The van der Waals surface area contributed by atoms with Crippen molar-refractivity contribution in [2.75, 3.05) is 0 Å². The van der Waals surface area contributed by atoms with Crippen molar-refractivity contribution in [2.45, 2.75) is 12.8 Å². The number of halogens is 1. The minimum Gasteiger partial charge on any atom is -0.207 e. The summed E-state index contributed by atoms with van der Waals surface area (Å²) >= 11 is 0. The summed E-state index contributed by atoms with van der Waals surface area (Å²) in [5, 5.41) is 2.33. The van der Waals surface area contributed by atoms with Gasteiger partial charge >= 0.3 is 0 Å². The zero-order chi connectivity index (χ0) is 8.84. The highest BCUT2D eigenvalue weighted by Crippen LogP contribution is 2.31. The predicted octanol–water partition coefficient (Wildman–Crippen LogP) is 3.08. The normalized spacial score (nSPS) is 13.9. The quantitative estimate of drug-likeness (QED) is 0.573. The summed E-state index contributed by atoms with van der Waals surface area (Å²) in [7, 11) is 0. The zero-order valence-corrected chi connectivity index (χ0v) is 7.18. The zero-order valence-electron chi connectivity index (χ0n) is 7.18. The first-order chi connectivity index (χ1) is 6.34. The van der Waals surface area contributed by atoms with Crippen molar-refractivity contribution in [3.63, 3.8) is 0 Å². The molecule has 1 aliphatic rings. The van der Waals surface area contributed by atoms with E-state index in [4.69, 9.17) is 0 Å². The molecule has 0 N–H and O–H groups in total. The fraction of sp³-hybridized carbons (Fsp3) is 0.167. The van der Waals surface area contributed by atoms with E-state index in [1.165, 1.54) is 16.5 Å². The van der Waals surface area contributed by atoms with Crippen molar-refractivity contribution in [1.82, 2.24) is 0 Å². The van der Waals surface area contributed by atoms with Gasteiger partial charge in [0.1, 0.15) is 5.82 Å². The molecule has 0 radical (unpaired) electrons. The molecular weight excluding hydrogens is 163 g/mol. The predicted molar refractivity (Wildman–Crippen MR) is 51.3 cm³/mol. The topological polar surface area (TPSA) is 0 Å². The van der Waals surface area contributed by atoms with Crippen LogP contribution in [0.5, 0.6) is 0 Å². The Morgan fingerprint density at radius 2 is 1.85 bits per heavy atom. The van der Waals surface area contributed by atoms with Crippen LogP contribution in [0.1, 0.15) is 11.1 Å². The molecule has 0 spiro atoms. The second-order valence-corrected chi connectivity index (χ2v) is 3.58. The lowest BCUT2D eigenvalue weighted by Gasteiger charge is -2.00. The Labute approximate surface area is 76.0 Å². The van der Waals surface area contributed by atoms with Crippen LogP contribution in [0.4, 0.5) is 4.39 Å². The third-order valence-electron chi connectivity index (χ3n) is 2.77. The molecule has 1 heteroatoms. The van der Waals surface area contributed by atoms with Gasteiger partial charge in [0.25, 0.3) is 0 Å². The average molecular weight is 172 g/mol. The molecule has 0 unspecified atom stereocenters. The Morgan fingerprint density at radius 1 is 1.00 bits per heavy atom. The Morgan fingerprint density at radius 3 is 2.77 bits per heavy atom. The molecule has 0 bridgehead atoms. The van der Waals surface area contributed by atoms with Gasteiger partial charge in [-0.15, -0.1) is 0 Å². The van der Waals surface area contributed by atoms with E-state index < -0.39 is 0 Å². The smallest absolute Gasteiger partial charge is 0.124 e. The Kier molecular flexibility index (Phi) is 1.26. The molecule has 3 rings (SSSR count). The largest absolute Gasteiger partial charge is 0.207 e. The molecule has 0 saturated carbocycles. The van der Waals surface area contributed by atoms with E-state index >= 15 is 0 Å². The summed E-state index contributed by atoms with van der Waals surface area (Å²) in [5.41, 5.74) is 2.54. The minimum atomic E-state index is -0.110. The number of rotatable bonds is 0. The minimum absolute atomic E-state index is 0.110. The molecule has 0 aromatic heterocycles. The molecule has 0 aliphatic heterocycles. The second kappa shape index (κ2) is 2.32. The van der Waals surface area contributed by atoms with E-state index in [-0.39, 0.29) is 5.82 Å². The van der Waals surface area contributed by atoms with Gasteiger partial charge in [0.2, 0.25) is 0 Å². The summed E-state index contributed by atoms with van der Waals surface area (Å²) < 4.78 is 13.1. The van der Waals surface area contributed by atoms with Crippen molar-refractivity contribution >= 4 is 10.8 Å². The number of hydrogen-bond acceptors (Lipinski definition) is 0. The molecule has 0 atom stereocenters. The SMILES string of the molecule is Fc1cc2c3c(cccc3c1)CC2. The lowest BCUT2D eigenvalue weighted by Crippen LogP contribution is -1.81. The summed E-state index contributed by atoms with van der Waals surface area (Å²) in [6.07, 6.45) is 2.06. The average Bonchev–Trinajstić information content (AvgIpc) is 2.50. The van der Waals surface area contributed by atoms with Gasteiger partial charge in [-0.2, -0.15) is 0 Å². The molecule has 64 valence electrons. The number of benzene rings is 2. The van der Waals surface area contributed by atoms with Gasteiger partial charge < -0.3 is 0 Å². The van der Waals surface area contributed by atoms with Crippen molar-refractivity contribution < 1.29 is 4.39 Å². The Balaban J connectivity index is 2.54. The lowest BCUT2D eigenvalue weighted by molar-refractivity contribution is 0.628. The number of hydrogen-bond donors (Lipinski definition) is 0. The van der Waals surface area contributed by atoms with Crippen LogP contribution in [-0.4, -0.2) is 0 Å². The molecule has 13 heavy (non-hydrogen) atoms. The Hall–Kier alpha value is -1.37. The molecule has 0 heterocycles. The first kappa shape index (κ1) is 7.07. The van der Waals surface area contributed by atoms with Crippen molar-refractivity contribution in [1.29, 1.82) is 0 Å². The fourth-order valence-electron chi connectivity index (χ4n) is 2.24. The van der Waals surface area contributed by atoms with Gasteiger partial charge in [0.15, 0.2) is 0 Å². The van der Waals surface area contributed by atoms with Crippen molar-refractivity contribution in [3.8, 4) is 0 Å². The van der Waals surface area contributed by atoms with Crippen LogP contribution in [0.15, 0.2) is 30.3 Å². The second-order valence-electron chi connectivity index (χ2n) is 3.58. The highest BCUT2D eigenvalue weighted by atomic mass is 19.1. The maximum Gasteiger partial charge on any atom is 0.124 e. The van der Waals surface area contributed by atoms with Gasteiger partial charge in [-0.1, -0.05) is 18.2 Å². The maximum absolute atomic E-state index is 13.1. The fourth-order valence-corrected chi connectivity index (χ4v) is 2.24. The van der Waals surface area contributed by atoms with Crippen LogP contribution in [0, 0.1) is 5.82 Å². The first-order valence-electron chi connectivity index (χ1n) is 4.54. The van der Waals surface area contributed by atoms with Crippen LogP contribution < -0.4 is 0 Å². The molecule has 0 nitrogen and oxygen atoms in total. The van der Waals surface area contributed by atoms with Crippen LogP contribution in [0.2, 0.25) is 0 Å². The molecule has 0 amide bonds. The summed E-state index contributed by atoms with van der Waals surface area (Å²) in [5.74, 6) is -0.110. The third kappa shape index (κ3) is 0.902. The van der Waals surface area contributed by atoms with Gasteiger partial charge in [0.05, 0.1) is 0 Å². The van der Waals surface area contributed by atoms with Crippen LogP contribution in [0.3, 0.4) is 0 Å². The molecule has 2 aromatic rings. The molecule has 0 fully saturated rings. The van der Waals surface area contributed by atoms with Crippen LogP contribution in [-0.2, 0) is 12.8 Å². The molecule has 2 aromatic carbocycles. The molecular formula is C12H9F. The summed E-state index contributed by atoms with van der Waals surface area (Å²) in [4.78, 5) is 0. The van der Waals surface area contributed by atoms with E-state index in [0.29, 0.717) is 0 Å². The van der Waals surface area contributed by atoms with Crippen LogP contribution >= 0.6 is 0 Å². The lowest BCUT2D eigenvalue weighted by atomic mass is 10.1. The summed E-state index contributed by atoms with van der Waals surface area (Å²) in [6, 6.07) is 9.41. The van der Waals surface area contributed by atoms with Crippen molar-refractivity contribution in [3.05, 3.63) is 47.3 Å². The summed E-state index contributed by atoms with van der Waals surface area (Å²) in [6.45, 7) is 0. The standard InChI is InChI=1S/C12H9F/c13-11-6-9-3-1-2-8-4-5-10(7-11)12(8)9/h1-3,6-7H,4-5H2. The van der Waals surface area contributed by atoms with Gasteiger partial charge in [-0.05, 0) is 46.9 Å². The molecule has 0 saturated heterocycles. The monoisotopic (exact) mass is 172 g/mol. The maximum atomic E-state index is 13.1. The Bertz CT molecular complexity index is 486. The van der Waals surface area contributed by atoms with E-state index in [1.807, 2.05) is 12.1 Å². The van der Waals surface area contributed by atoms with E-state index in [9.17, 15) is 4.39 Å². The van der Waals surface area contributed by atoms with E-state index in [0.717, 1.165) is 18.2 Å². The highest BCUT2D eigenvalue weighted by molar-refractivity contribution is 5.90. The third-order valence-corrected chi connectivity index (χ3v) is 2.77. The first-order valence-corrected chi connectivity index (χ1v) is 4.54. The van der Waals surface area contributed by atoms with Crippen LogP contribution in [0.25, 0.3) is 10.8 Å². The molecule has 1 aliphatic carbocycles. The van der Waals surface area contributed by atoms with Gasteiger partial charge in [-0.3, -0.25) is 0 Å². The highest BCUT2D eigenvalue weighted by Gasteiger charge is 2.14. The van der Waals surface area contributed by atoms with Crippen molar-refractivity contribution in [2.24, 2.45) is 0 Å².